The number of nitrogens with zero attached hydrogens (tertiary/aromatic N) is 2. The van der Waals surface area contributed by atoms with E-state index in [-0.39, 0.29) is 29.6 Å². The number of rotatable bonds is 5. The molecule has 2 amide bonds. The maximum absolute atomic E-state index is 12.2. The predicted molar refractivity (Wildman–Crippen MR) is 73.9 cm³/mol. The molecule has 2 heterocycles. The van der Waals surface area contributed by atoms with Crippen molar-refractivity contribution in [2.45, 2.75) is 19.4 Å². The smallest absolute Gasteiger partial charge is 0.300 e. The van der Waals surface area contributed by atoms with E-state index < -0.39 is 10.8 Å². The van der Waals surface area contributed by atoms with E-state index in [2.05, 4.69) is 20.9 Å². The molecule has 0 saturated carbocycles. The minimum atomic E-state index is -0.657. The highest BCUT2D eigenvalue weighted by Gasteiger charge is 2.27. The van der Waals surface area contributed by atoms with Crippen LogP contribution in [0.3, 0.4) is 0 Å². The topological polar surface area (TPSA) is 126 Å². The number of carbonyl (C=O) groups excluding carboxylic acids is 2. The molecule has 1 saturated heterocycles. The summed E-state index contributed by atoms with van der Waals surface area (Å²) in [7, 11) is 0. The van der Waals surface area contributed by atoms with E-state index in [1.54, 1.807) is 0 Å². The highest BCUT2D eigenvalue weighted by atomic mass is 16.6. The Morgan fingerprint density at radius 3 is 2.95 bits per heavy atom. The molecule has 1 aromatic heterocycles. The fraction of sp³-hybridized carbons (Fsp3) is 0.417. The van der Waals surface area contributed by atoms with Crippen LogP contribution in [0.2, 0.25) is 0 Å². The number of hydrogen-bond acceptors (Lipinski definition) is 6. The van der Waals surface area contributed by atoms with Crippen molar-refractivity contribution >= 4 is 23.3 Å². The number of hydrogen-bond donors (Lipinski definition) is 3. The van der Waals surface area contributed by atoms with Crippen molar-refractivity contribution in [3.8, 4) is 0 Å². The van der Waals surface area contributed by atoms with Gasteiger partial charge >= 0.3 is 0 Å². The molecule has 1 aromatic rings. The van der Waals surface area contributed by atoms with Crippen molar-refractivity contribution < 1.29 is 14.5 Å². The molecule has 9 nitrogen and oxygen atoms in total. The molecule has 1 aliphatic rings. The number of aromatic nitrogens is 1. The standard InChI is InChI=1S/C12H15N5O4/c1-2-13-10-4-8(9(6-14-10)17(20)21)12(19)16-7-3-11(18)15-5-7/h4,6-7H,2-3,5H2,1H3,(H,13,14)(H,15,18)(H,16,19). The molecule has 9 heteroatoms. The molecule has 1 unspecified atom stereocenters. The molecule has 0 radical (unpaired) electrons. The zero-order chi connectivity index (χ0) is 15.4. The molecule has 3 N–H and O–H groups in total. The average Bonchev–Trinajstić information content (AvgIpc) is 2.84. The van der Waals surface area contributed by atoms with E-state index in [1.807, 2.05) is 6.92 Å². The monoisotopic (exact) mass is 293 g/mol. The van der Waals surface area contributed by atoms with Crippen molar-refractivity contribution in [2.75, 3.05) is 18.4 Å². The summed E-state index contributed by atoms with van der Waals surface area (Å²) >= 11 is 0. The van der Waals surface area contributed by atoms with Crippen LogP contribution in [-0.2, 0) is 4.79 Å². The number of anilines is 1. The van der Waals surface area contributed by atoms with Crippen molar-refractivity contribution in [1.82, 2.24) is 15.6 Å². The number of nitro groups is 1. The number of amides is 2. The van der Waals surface area contributed by atoms with Gasteiger partial charge in [-0.1, -0.05) is 0 Å². The highest BCUT2D eigenvalue weighted by molar-refractivity contribution is 5.99. The first-order valence-corrected chi connectivity index (χ1v) is 6.47. The first-order valence-electron chi connectivity index (χ1n) is 6.47. The third-order valence-electron chi connectivity index (χ3n) is 2.99. The minimum absolute atomic E-state index is 0.0784. The quantitative estimate of drug-likeness (QED) is 0.519. The summed E-state index contributed by atoms with van der Waals surface area (Å²) in [6.07, 6.45) is 1.22. The number of pyridine rings is 1. The molecule has 0 aromatic carbocycles. The van der Waals surface area contributed by atoms with Crippen LogP contribution >= 0.6 is 0 Å². The Morgan fingerprint density at radius 1 is 1.62 bits per heavy atom. The van der Waals surface area contributed by atoms with Crippen LogP contribution in [0.1, 0.15) is 23.7 Å². The average molecular weight is 293 g/mol. The molecule has 1 aliphatic heterocycles. The molecular weight excluding hydrogens is 278 g/mol. The van der Waals surface area contributed by atoms with Gasteiger partial charge in [-0.15, -0.1) is 0 Å². The van der Waals surface area contributed by atoms with E-state index >= 15 is 0 Å². The van der Waals surface area contributed by atoms with Crippen molar-refractivity contribution in [3.05, 3.63) is 27.9 Å². The largest absolute Gasteiger partial charge is 0.370 e. The van der Waals surface area contributed by atoms with Crippen molar-refractivity contribution in [1.29, 1.82) is 0 Å². The van der Waals surface area contributed by atoms with E-state index in [0.29, 0.717) is 18.9 Å². The Morgan fingerprint density at radius 2 is 2.38 bits per heavy atom. The van der Waals surface area contributed by atoms with Gasteiger partial charge in [0, 0.05) is 25.6 Å². The second-order valence-corrected chi connectivity index (χ2v) is 4.55. The SMILES string of the molecule is CCNc1cc(C(=O)NC2CNC(=O)C2)c([N+](=O)[O-])cn1. The molecule has 21 heavy (non-hydrogen) atoms. The normalized spacial score (nSPS) is 17.2. The summed E-state index contributed by atoms with van der Waals surface area (Å²) in [5.41, 5.74) is -0.447. The van der Waals surface area contributed by atoms with Crippen molar-refractivity contribution in [3.63, 3.8) is 0 Å². The van der Waals surface area contributed by atoms with Gasteiger partial charge in [0.05, 0.1) is 11.0 Å². The van der Waals surface area contributed by atoms with E-state index in [1.165, 1.54) is 6.07 Å². The molecule has 1 fully saturated rings. The number of nitrogens with one attached hydrogen (secondary N) is 3. The van der Waals surface area contributed by atoms with Gasteiger partial charge in [-0.2, -0.15) is 0 Å². The van der Waals surface area contributed by atoms with Crippen LogP contribution < -0.4 is 16.0 Å². The zero-order valence-corrected chi connectivity index (χ0v) is 11.4. The fourth-order valence-electron chi connectivity index (χ4n) is 2.02. The summed E-state index contributed by atoms with van der Waals surface area (Å²) in [6.45, 7) is 2.75. The van der Waals surface area contributed by atoms with Gasteiger partial charge in [-0.05, 0) is 6.92 Å². The molecule has 0 bridgehead atoms. The lowest BCUT2D eigenvalue weighted by atomic mass is 10.1. The lowest BCUT2D eigenvalue weighted by Gasteiger charge is -2.11. The van der Waals surface area contributed by atoms with E-state index in [9.17, 15) is 19.7 Å². The number of carbonyl (C=O) groups is 2. The van der Waals surface area contributed by atoms with Gasteiger partial charge in [0.25, 0.3) is 11.6 Å². The van der Waals surface area contributed by atoms with Gasteiger partial charge in [0.2, 0.25) is 5.91 Å². The maximum atomic E-state index is 12.2. The van der Waals surface area contributed by atoms with Gasteiger partial charge < -0.3 is 16.0 Å². The summed E-state index contributed by atoms with van der Waals surface area (Å²) < 4.78 is 0. The predicted octanol–water partition coefficient (Wildman–Crippen LogP) is 0.0399. The van der Waals surface area contributed by atoms with Crippen LogP contribution in [0, 0.1) is 10.1 Å². The minimum Gasteiger partial charge on any atom is -0.370 e. The molecule has 2 rings (SSSR count). The van der Waals surface area contributed by atoms with Gasteiger partial charge in [0.1, 0.15) is 17.6 Å². The zero-order valence-electron chi connectivity index (χ0n) is 11.4. The van der Waals surface area contributed by atoms with Gasteiger partial charge in [-0.25, -0.2) is 4.98 Å². The summed E-state index contributed by atoms with van der Waals surface area (Å²) in [5, 5.41) is 19.1. The lowest BCUT2D eigenvalue weighted by molar-refractivity contribution is -0.385. The first kappa shape index (κ1) is 14.7. The molecular formula is C12H15N5O4. The molecule has 1 atom stereocenters. The van der Waals surface area contributed by atoms with Crippen LogP contribution in [0.25, 0.3) is 0 Å². The van der Waals surface area contributed by atoms with Gasteiger partial charge in [0.15, 0.2) is 0 Å². The highest BCUT2D eigenvalue weighted by Crippen LogP contribution is 2.20. The van der Waals surface area contributed by atoms with Crippen LogP contribution in [0.15, 0.2) is 12.3 Å². The Kier molecular flexibility index (Phi) is 4.31. The third kappa shape index (κ3) is 3.44. The van der Waals surface area contributed by atoms with Crippen LogP contribution in [-0.4, -0.2) is 40.9 Å². The molecule has 112 valence electrons. The second-order valence-electron chi connectivity index (χ2n) is 4.55. The van der Waals surface area contributed by atoms with Crippen LogP contribution in [0.4, 0.5) is 11.5 Å². The molecule has 0 spiro atoms. The Hall–Kier alpha value is -2.71. The summed E-state index contributed by atoms with van der Waals surface area (Å²) in [4.78, 5) is 37.5. The second kappa shape index (κ2) is 6.16. The van der Waals surface area contributed by atoms with E-state index in [4.69, 9.17) is 0 Å². The lowest BCUT2D eigenvalue weighted by Crippen LogP contribution is -2.36. The van der Waals surface area contributed by atoms with Crippen LogP contribution in [0.5, 0.6) is 0 Å². The fourth-order valence-corrected chi connectivity index (χ4v) is 2.02. The molecule has 0 aliphatic carbocycles. The Bertz CT molecular complexity index is 589. The maximum Gasteiger partial charge on any atom is 0.300 e. The first-order chi connectivity index (χ1) is 10.0. The van der Waals surface area contributed by atoms with Gasteiger partial charge in [-0.3, -0.25) is 19.7 Å². The van der Waals surface area contributed by atoms with E-state index in [0.717, 1.165) is 6.20 Å². The third-order valence-corrected chi connectivity index (χ3v) is 2.99. The van der Waals surface area contributed by atoms with Crippen molar-refractivity contribution in [2.24, 2.45) is 0 Å². The Labute approximate surface area is 120 Å². The summed E-state index contributed by atoms with van der Waals surface area (Å²) in [6, 6.07) is 0.974. The Balaban J connectivity index is 2.22. The summed E-state index contributed by atoms with van der Waals surface area (Å²) in [5.74, 6) is -0.364.